The van der Waals surface area contributed by atoms with Crippen molar-refractivity contribution < 1.29 is 4.42 Å². The summed E-state index contributed by atoms with van der Waals surface area (Å²) in [4.78, 5) is 15.0. The molecule has 2 heterocycles. The second kappa shape index (κ2) is 12.6. The van der Waals surface area contributed by atoms with E-state index in [0.717, 1.165) is 60.5 Å². The lowest BCUT2D eigenvalue weighted by Gasteiger charge is -2.10. The van der Waals surface area contributed by atoms with Crippen molar-refractivity contribution in [3.63, 3.8) is 0 Å². The molecular weight excluding hydrogens is 671 g/mol. The average molecular weight is 702 g/mol. The van der Waals surface area contributed by atoms with Gasteiger partial charge in [0.1, 0.15) is 11.2 Å². The molecule has 0 aliphatic heterocycles. The summed E-state index contributed by atoms with van der Waals surface area (Å²) < 4.78 is 6.85. The van der Waals surface area contributed by atoms with Gasteiger partial charge < -0.3 is 4.42 Å². The highest BCUT2D eigenvalue weighted by Gasteiger charge is 2.18. The first-order valence-corrected chi connectivity index (χ1v) is 18.5. The lowest BCUT2D eigenvalue weighted by molar-refractivity contribution is 0.674. The number of aromatic nitrogens is 3. The van der Waals surface area contributed by atoms with Gasteiger partial charge in [-0.15, -0.1) is 0 Å². The van der Waals surface area contributed by atoms with Crippen molar-refractivity contribution in [2.75, 3.05) is 0 Å². The molecule has 256 valence electrons. The van der Waals surface area contributed by atoms with Gasteiger partial charge in [0.2, 0.25) is 0 Å². The first-order chi connectivity index (χ1) is 27.2. The van der Waals surface area contributed by atoms with E-state index in [1.807, 2.05) is 30.3 Å². The molecule has 2 aromatic heterocycles. The molecule has 0 saturated carbocycles. The van der Waals surface area contributed by atoms with Crippen LogP contribution in [0.5, 0.6) is 0 Å². The van der Waals surface area contributed by atoms with Crippen molar-refractivity contribution in [1.29, 1.82) is 0 Å². The standard InChI is InChI=1S/C51H31N3O/c1-2-13-35(14-3-1)49-52-50(54-51(53-49)40-28-22-33-12-5-7-16-38(33)30-40)36-25-23-34(24-26-36)41-19-10-20-44-46-31-45(39-27-21-32-11-4-6-15-37(32)29-39)42-17-8-9-18-43(42)48(46)55-47(41)44/h1-31H. The summed E-state index contributed by atoms with van der Waals surface area (Å²) in [7, 11) is 0. The number of para-hydroxylation sites is 1. The minimum Gasteiger partial charge on any atom is -0.455 e. The number of benzene rings is 9. The molecule has 11 aromatic rings. The van der Waals surface area contributed by atoms with Gasteiger partial charge in [0.15, 0.2) is 17.5 Å². The van der Waals surface area contributed by atoms with Crippen LogP contribution in [0.25, 0.3) is 111 Å². The topological polar surface area (TPSA) is 51.8 Å². The van der Waals surface area contributed by atoms with Crippen molar-refractivity contribution in [2.24, 2.45) is 0 Å². The summed E-state index contributed by atoms with van der Waals surface area (Å²) in [6.07, 6.45) is 0. The molecular formula is C51H31N3O. The van der Waals surface area contributed by atoms with E-state index in [2.05, 4.69) is 158 Å². The molecule has 0 atom stereocenters. The molecule has 4 heteroatoms. The summed E-state index contributed by atoms with van der Waals surface area (Å²) in [5.41, 5.74) is 9.05. The maximum Gasteiger partial charge on any atom is 0.164 e. The molecule has 4 nitrogen and oxygen atoms in total. The molecule has 0 fully saturated rings. The van der Waals surface area contributed by atoms with Crippen molar-refractivity contribution in [1.82, 2.24) is 15.0 Å². The minimum absolute atomic E-state index is 0.623. The Morgan fingerprint density at radius 1 is 0.273 bits per heavy atom. The van der Waals surface area contributed by atoms with Crippen LogP contribution in [-0.2, 0) is 0 Å². The van der Waals surface area contributed by atoms with Crippen LogP contribution in [0.4, 0.5) is 0 Å². The highest BCUT2D eigenvalue weighted by molar-refractivity contribution is 6.21. The van der Waals surface area contributed by atoms with Crippen LogP contribution in [-0.4, -0.2) is 15.0 Å². The van der Waals surface area contributed by atoms with Gasteiger partial charge in [-0.1, -0.05) is 170 Å². The van der Waals surface area contributed by atoms with Crippen LogP contribution < -0.4 is 0 Å². The van der Waals surface area contributed by atoms with Crippen LogP contribution in [0.2, 0.25) is 0 Å². The average Bonchev–Trinajstić information content (AvgIpc) is 3.65. The zero-order valence-electron chi connectivity index (χ0n) is 29.6. The second-order valence-electron chi connectivity index (χ2n) is 14.0. The third-order valence-electron chi connectivity index (χ3n) is 10.7. The van der Waals surface area contributed by atoms with Crippen LogP contribution in [0, 0.1) is 0 Å². The van der Waals surface area contributed by atoms with Gasteiger partial charge in [0.05, 0.1) is 0 Å². The van der Waals surface area contributed by atoms with E-state index in [-0.39, 0.29) is 0 Å². The monoisotopic (exact) mass is 701 g/mol. The summed E-state index contributed by atoms with van der Waals surface area (Å²) >= 11 is 0. The molecule has 0 radical (unpaired) electrons. The Hall–Kier alpha value is -7.43. The summed E-state index contributed by atoms with van der Waals surface area (Å²) in [5, 5.41) is 9.26. The van der Waals surface area contributed by atoms with Crippen LogP contribution in [0.3, 0.4) is 0 Å². The normalized spacial score (nSPS) is 11.6. The molecule has 11 rings (SSSR count). The van der Waals surface area contributed by atoms with Crippen molar-refractivity contribution in [3.8, 4) is 56.4 Å². The molecule has 9 aromatic carbocycles. The van der Waals surface area contributed by atoms with Crippen molar-refractivity contribution >= 4 is 54.3 Å². The zero-order valence-corrected chi connectivity index (χ0v) is 29.6. The number of fused-ring (bicyclic) bond motifs is 7. The van der Waals surface area contributed by atoms with Crippen LogP contribution >= 0.6 is 0 Å². The number of furan rings is 1. The van der Waals surface area contributed by atoms with Crippen molar-refractivity contribution in [2.45, 2.75) is 0 Å². The molecule has 0 aliphatic rings. The van der Waals surface area contributed by atoms with E-state index in [0.29, 0.717) is 17.5 Å². The Kier molecular flexibility index (Phi) is 7.14. The molecule has 0 N–H and O–H groups in total. The maximum atomic E-state index is 6.85. The highest BCUT2D eigenvalue weighted by Crippen LogP contribution is 2.43. The Morgan fingerprint density at radius 3 is 1.47 bits per heavy atom. The third-order valence-corrected chi connectivity index (χ3v) is 10.7. The Bertz CT molecular complexity index is 3260. The maximum absolute atomic E-state index is 6.85. The minimum atomic E-state index is 0.623. The molecule has 0 saturated heterocycles. The third kappa shape index (κ3) is 5.34. The van der Waals surface area contributed by atoms with Gasteiger partial charge in [-0.25, -0.2) is 15.0 Å². The molecule has 0 spiro atoms. The fourth-order valence-electron chi connectivity index (χ4n) is 7.92. The summed E-state index contributed by atoms with van der Waals surface area (Å²) in [5.74, 6) is 1.90. The predicted molar refractivity (Wildman–Crippen MR) is 227 cm³/mol. The summed E-state index contributed by atoms with van der Waals surface area (Å²) in [6.45, 7) is 0. The van der Waals surface area contributed by atoms with E-state index in [1.54, 1.807) is 0 Å². The SMILES string of the molecule is c1ccc(-c2nc(-c3ccc(-c4cccc5c4oc4c6ccccc6c(-c6ccc7ccccc7c6)cc54)cc3)nc(-c3ccc4ccccc4c3)n2)cc1. The quantitative estimate of drug-likeness (QED) is 0.179. The zero-order chi connectivity index (χ0) is 36.3. The van der Waals surface area contributed by atoms with E-state index in [1.165, 1.54) is 32.7 Å². The predicted octanol–water partition coefficient (Wildman–Crippen LogP) is 13.6. The number of rotatable bonds is 5. The van der Waals surface area contributed by atoms with E-state index in [9.17, 15) is 0 Å². The van der Waals surface area contributed by atoms with Gasteiger partial charge in [0, 0.05) is 38.4 Å². The van der Waals surface area contributed by atoms with Gasteiger partial charge in [-0.3, -0.25) is 0 Å². The Morgan fingerprint density at radius 2 is 0.764 bits per heavy atom. The number of hydrogen-bond donors (Lipinski definition) is 0. The lowest BCUT2D eigenvalue weighted by Crippen LogP contribution is -2.00. The van der Waals surface area contributed by atoms with Crippen LogP contribution in [0.1, 0.15) is 0 Å². The first kappa shape index (κ1) is 31.1. The van der Waals surface area contributed by atoms with Gasteiger partial charge in [-0.05, 0) is 61.8 Å². The first-order valence-electron chi connectivity index (χ1n) is 18.5. The summed E-state index contributed by atoms with van der Waals surface area (Å²) in [6, 6.07) is 65.8. The molecule has 0 aliphatic carbocycles. The molecule has 55 heavy (non-hydrogen) atoms. The lowest BCUT2D eigenvalue weighted by atomic mass is 9.93. The Labute approximate surface area is 317 Å². The molecule has 0 amide bonds. The van der Waals surface area contributed by atoms with Gasteiger partial charge in [-0.2, -0.15) is 0 Å². The fourth-order valence-corrected chi connectivity index (χ4v) is 7.92. The van der Waals surface area contributed by atoms with Crippen molar-refractivity contribution in [3.05, 3.63) is 188 Å². The van der Waals surface area contributed by atoms with E-state index >= 15 is 0 Å². The molecule has 0 bridgehead atoms. The van der Waals surface area contributed by atoms with Crippen LogP contribution in [0.15, 0.2) is 192 Å². The Balaban J connectivity index is 1.03. The fraction of sp³-hybridized carbons (Fsp3) is 0. The van der Waals surface area contributed by atoms with Gasteiger partial charge in [0.25, 0.3) is 0 Å². The smallest absolute Gasteiger partial charge is 0.164 e. The number of hydrogen-bond acceptors (Lipinski definition) is 4. The second-order valence-corrected chi connectivity index (χ2v) is 14.0. The van der Waals surface area contributed by atoms with E-state index in [4.69, 9.17) is 19.4 Å². The highest BCUT2D eigenvalue weighted by atomic mass is 16.3. The number of nitrogens with zero attached hydrogens (tertiary/aromatic N) is 3. The largest absolute Gasteiger partial charge is 0.455 e. The van der Waals surface area contributed by atoms with E-state index < -0.39 is 0 Å². The molecule has 0 unspecified atom stereocenters. The van der Waals surface area contributed by atoms with Gasteiger partial charge >= 0.3 is 0 Å².